The van der Waals surface area contributed by atoms with Gasteiger partial charge in [0.1, 0.15) is 13.1 Å². The lowest BCUT2D eigenvalue weighted by atomic mass is 10.0. The van der Waals surface area contributed by atoms with Crippen molar-refractivity contribution in [1.29, 1.82) is 0 Å². The largest absolute Gasteiger partial charge is 1.00 e. The topological polar surface area (TPSA) is 97.4 Å². The highest BCUT2D eigenvalue weighted by molar-refractivity contribution is 5.68. The third-order valence-electron chi connectivity index (χ3n) is 3.80. The van der Waals surface area contributed by atoms with E-state index in [1.165, 1.54) is 20.8 Å². The summed E-state index contributed by atoms with van der Waals surface area (Å²) >= 11 is 0. The molecule has 0 bridgehead atoms. The van der Waals surface area contributed by atoms with Crippen LogP contribution >= 0.6 is 0 Å². The van der Waals surface area contributed by atoms with Crippen molar-refractivity contribution in [2.24, 2.45) is 0 Å². The molecule has 28 heavy (non-hydrogen) atoms. The molecule has 1 fully saturated rings. The van der Waals surface area contributed by atoms with E-state index in [2.05, 4.69) is 5.92 Å². The number of terminal acetylenes is 1. The van der Waals surface area contributed by atoms with Crippen LogP contribution < -0.4 is 17.0 Å². The highest BCUT2D eigenvalue weighted by Crippen LogP contribution is 2.25. The number of hydrogen-bond acceptors (Lipinski definition) is 8. The summed E-state index contributed by atoms with van der Waals surface area (Å²) in [6, 6.07) is 0. The average Bonchev–Trinajstić information content (AvgIpc) is 2.50. The Hall–Kier alpha value is -1.67. The third-order valence-corrected chi connectivity index (χ3v) is 3.80. The summed E-state index contributed by atoms with van der Waals surface area (Å²) in [6.07, 6.45) is 1.34. The molecule has 0 amide bonds. The predicted octanol–water partition coefficient (Wildman–Crippen LogP) is -3.13. The molecule has 0 saturated carbocycles. The number of halogens is 1. The van der Waals surface area contributed by atoms with Gasteiger partial charge in [-0.1, -0.05) is 0 Å². The van der Waals surface area contributed by atoms with Crippen molar-refractivity contribution in [1.82, 2.24) is 0 Å². The first-order valence-electron chi connectivity index (χ1n) is 8.56. The summed E-state index contributed by atoms with van der Waals surface area (Å²) in [5.41, 5.74) is 0. The third kappa shape index (κ3) is 9.01. The van der Waals surface area contributed by atoms with Crippen LogP contribution in [0.25, 0.3) is 0 Å². The molecule has 0 aliphatic carbocycles. The average molecular weight is 466 g/mol. The number of rotatable bonds is 8. The Balaban J connectivity index is 0.00000729. The van der Waals surface area contributed by atoms with Crippen molar-refractivity contribution in [2.75, 3.05) is 40.4 Å². The maximum absolute atomic E-state index is 11.5. The van der Waals surface area contributed by atoms with Gasteiger partial charge in [0.2, 0.25) is 0 Å². The number of ether oxygens (including phenoxy) is 5. The Kier molecular flexibility index (Phi) is 11.3. The molecule has 1 rings (SSSR count). The normalized spacial score (nSPS) is 24.3. The van der Waals surface area contributed by atoms with E-state index in [1.54, 1.807) is 0 Å². The second-order valence-electron chi connectivity index (χ2n) is 6.89. The van der Waals surface area contributed by atoms with E-state index in [1.807, 2.05) is 14.1 Å². The summed E-state index contributed by atoms with van der Waals surface area (Å²) < 4.78 is 27.5. The number of esters is 3. The van der Waals surface area contributed by atoms with Crippen LogP contribution in [-0.4, -0.2) is 87.4 Å². The standard InChI is InChI=1S/C18H28NO8.BrH/c1-7-8-19(5,6)9-10-23-18-17(27-14(4)22)16(26-13(3)21)15(11-24-18)25-12(2)20;/h1,15-18H,8-11H2,2-6H3;1H/q+1;/p-1/t15-,16-,17-,18?;/m1./s1. The molecule has 10 heteroatoms. The molecule has 1 heterocycles. The first-order valence-corrected chi connectivity index (χ1v) is 8.56. The number of likely N-dealkylation sites (N-methyl/N-ethyl adjacent to an activating group) is 1. The summed E-state index contributed by atoms with van der Waals surface area (Å²) in [6.45, 7) is 4.95. The molecule has 4 atom stereocenters. The van der Waals surface area contributed by atoms with E-state index < -0.39 is 42.5 Å². The van der Waals surface area contributed by atoms with E-state index in [-0.39, 0.29) is 30.2 Å². The van der Waals surface area contributed by atoms with Crippen LogP contribution in [0.3, 0.4) is 0 Å². The Bertz CT molecular complexity index is 589. The summed E-state index contributed by atoms with van der Waals surface area (Å²) in [5.74, 6) is 0.801. The second kappa shape index (κ2) is 12.0. The molecule has 1 aliphatic heterocycles. The maximum atomic E-state index is 11.5. The van der Waals surface area contributed by atoms with Crippen LogP contribution in [0.2, 0.25) is 0 Å². The fourth-order valence-electron chi connectivity index (χ4n) is 2.59. The molecule has 0 aromatic carbocycles. The van der Waals surface area contributed by atoms with E-state index in [0.29, 0.717) is 17.6 Å². The SMILES string of the molecule is C#CC[N+](C)(C)CCOC1OC[C@@H](OC(C)=O)[C@@H](OC(C)=O)[C@H]1OC(C)=O.[Br-]. The van der Waals surface area contributed by atoms with Gasteiger partial charge >= 0.3 is 17.9 Å². The number of hydrogen-bond donors (Lipinski definition) is 0. The number of carbonyl (C=O) groups is 3. The zero-order valence-electron chi connectivity index (χ0n) is 16.8. The van der Waals surface area contributed by atoms with Gasteiger partial charge in [-0.2, -0.15) is 0 Å². The van der Waals surface area contributed by atoms with Crippen LogP contribution in [0.1, 0.15) is 20.8 Å². The van der Waals surface area contributed by atoms with Crippen molar-refractivity contribution in [2.45, 2.75) is 45.4 Å². The Morgan fingerprint density at radius 1 is 1.04 bits per heavy atom. The predicted molar refractivity (Wildman–Crippen MR) is 93.0 cm³/mol. The molecule has 0 aromatic rings. The van der Waals surface area contributed by atoms with Gasteiger partial charge in [0.15, 0.2) is 24.6 Å². The fraction of sp³-hybridized carbons (Fsp3) is 0.722. The summed E-state index contributed by atoms with van der Waals surface area (Å²) in [5, 5.41) is 0. The number of nitrogens with zero attached hydrogens (tertiary/aromatic N) is 1. The van der Waals surface area contributed by atoms with Gasteiger partial charge in [0.25, 0.3) is 0 Å². The lowest BCUT2D eigenvalue weighted by Gasteiger charge is -2.40. The Morgan fingerprint density at radius 2 is 1.57 bits per heavy atom. The molecule has 9 nitrogen and oxygen atoms in total. The van der Waals surface area contributed by atoms with Gasteiger partial charge in [-0.15, -0.1) is 6.42 Å². The van der Waals surface area contributed by atoms with E-state index >= 15 is 0 Å². The van der Waals surface area contributed by atoms with Gasteiger partial charge in [-0.05, 0) is 5.92 Å². The van der Waals surface area contributed by atoms with E-state index in [9.17, 15) is 14.4 Å². The van der Waals surface area contributed by atoms with Crippen molar-refractivity contribution in [3.05, 3.63) is 0 Å². The fourth-order valence-corrected chi connectivity index (χ4v) is 2.59. The molecule has 0 aromatic heterocycles. The highest BCUT2D eigenvalue weighted by atomic mass is 79.9. The van der Waals surface area contributed by atoms with Gasteiger partial charge in [-0.25, -0.2) is 0 Å². The molecule has 0 radical (unpaired) electrons. The smallest absolute Gasteiger partial charge is 0.303 e. The van der Waals surface area contributed by atoms with Gasteiger partial charge in [0.05, 0.1) is 27.3 Å². The number of carbonyl (C=O) groups excluding carboxylic acids is 3. The molecular weight excluding hydrogens is 438 g/mol. The second-order valence-corrected chi connectivity index (χ2v) is 6.89. The number of quaternary nitrogens is 1. The molecule has 1 aliphatic rings. The minimum Gasteiger partial charge on any atom is -1.00 e. The molecule has 0 spiro atoms. The van der Waals surface area contributed by atoms with Crippen molar-refractivity contribution in [3.63, 3.8) is 0 Å². The van der Waals surface area contributed by atoms with Crippen LogP contribution in [0.15, 0.2) is 0 Å². The molecular formula is C18H28BrNO8. The van der Waals surface area contributed by atoms with Gasteiger partial charge in [-0.3, -0.25) is 14.4 Å². The molecule has 1 saturated heterocycles. The molecule has 160 valence electrons. The Labute approximate surface area is 175 Å². The van der Waals surface area contributed by atoms with E-state index in [4.69, 9.17) is 30.1 Å². The Morgan fingerprint density at radius 3 is 2.07 bits per heavy atom. The highest BCUT2D eigenvalue weighted by Gasteiger charge is 2.47. The molecule has 0 N–H and O–H groups in total. The van der Waals surface area contributed by atoms with Crippen LogP contribution in [-0.2, 0) is 38.1 Å². The molecule has 1 unspecified atom stereocenters. The van der Waals surface area contributed by atoms with Crippen LogP contribution in [0.5, 0.6) is 0 Å². The summed E-state index contributed by atoms with van der Waals surface area (Å²) in [7, 11) is 3.90. The first-order chi connectivity index (χ1) is 12.6. The van der Waals surface area contributed by atoms with Gasteiger partial charge in [0, 0.05) is 20.8 Å². The van der Waals surface area contributed by atoms with Crippen molar-refractivity contribution in [3.8, 4) is 12.3 Å². The van der Waals surface area contributed by atoms with Crippen LogP contribution in [0.4, 0.5) is 0 Å². The first kappa shape index (κ1) is 26.3. The lowest BCUT2D eigenvalue weighted by Crippen LogP contribution is -3.00. The maximum Gasteiger partial charge on any atom is 0.303 e. The zero-order chi connectivity index (χ0) is 20.6. The lowest BCUT2D eigenvalue weighted by molar-refractivity contribution is -0.883. The van der Waals surface area contributed by atoms with Crippen molar-refractivity contribution >= 4 is 17.9 Å². The van der Waals surface area contributed by atoms with Gasteiger partial charge < -0.3 is 45.1 Å². The summed E-state index contributed by atoms with van der Waals surface area (Å²) in [4.78, 5) is 34.3. The van der Waals surface area contributed by atoms with Crippen LogP contribution in [0, 0.1) is 12.3 Å². The zero-order valence-corrected chi connectivity index (χ0v) is 18.4. The minimum atomic E-state index is -1.08. The minimum absolute atomic E-state index is 0. The van der Waals surface area contributed by atoms with E-state index in [0.717, 1.165) is 0 Å². The van der Waals surface area contributed by atoms with Crippen molar-refractivity contribution < 1.29 is 59.5 Å². The quantitative estimate of drug-likeness (QED) is 0.160. The monoisotopic (exact) mass is 465 g/mol.